The average molecular weight is 286 g/mol. The van der Waals surface area contributed by atoms with Crippen LogP contribution >= 0.6 is 11.6 Å². The number of anilines is 1. The number of amides is 1. The van der Waals surface area contributed by atoms with Gasteiger partial charge in [-0.1, -0.05) is 11.6 Å². The summed E-state index contributed by atoms with van der Waals surface area (Å²) < 4.78 is 5.05. The van der Waals surface area contributed by atoms with E-state index in [4.69, 9.17) is 21.4 Å². The summed E-state index contributed by atoms with van der Waals surface area (Å²) in [5.74, 6) is -1.25. The summed E-state index contributed by atoms with van der Waals surface area (Å²) in [6.07, 6.45) is 0.926. The van der Waals surface area contributed by atoms with E-state index in [0.717, 1.165) is 0 Å². The van der Waals surface area contributed by atoms with E-state index in [9.17, 15) is 9.59 Å². The minimum atomic E-state index is -1.06. The largest absolute Gasteiger partial charge is 0.478 e. The third kappa shape index (κ3) is 4.89. The molecule has 1 aromatic rings. The van der Waals surface area contributed by atoms with Crippen LogP contribution in [-0.4, -0.2) is 30.2 Å². The fourth-order valence-corrected chi connectivity index (χ4v) is 1.64. The van der Waals surface area contributed by atoms with Crippen molar-refractivity contribution in [2.45, 2.75) is 25.9 Å². The molecular formula is C13H16ClNO4. The average Bonchev–Trinajstić information content (AvgIpc) is 2.38. The second-order valence-corrected chi connectivity index (χ2v) is 4.54. The molecule has 6 heteroatoms. The predicted octanol–water partition coefficient (Wildman–Crippen LogP) is 2.79. The van der Waals surface area contributed by atoms with Gasteiger partial charge < -0.3 is 15.2 Å². The second-order valence-electron chi connectivity index (χ2n) is 4.13. The summed E-state index contributed by atoms with van der Waals surface area (Å²) in [5.41, 5.74) is 0.484. The van der Waals surface area contributed by atoms with E-state index in [1.54, 1.807) is 7.11 Å². The number of carbonyl (C=O) groups excluding carboxylic acids is 1. The first-order chi connectivity index (χ1) is 8.93. The molecule has 0 bridgehead atoms. The summed E-state index contributed by atoms with van der Waals surface area (Å²) in [7, 11) is 1.59. The summed E-state index contributed by atoms with van der Waals surface area (Å²) in [5, 5.41) is 11.6. The Hall–Kier alpha value is -1.59. The number of carbonyl (C=O) groups is 2. The lowest BCUT2D eigenvalue weighted by atomic mass is 10.2. The van der Waals surface area contributed by atoms with Gasteiger partial charge in [0.15, 0.2) is 0 Å². The lowest BCUT2D eigenvalue weighted by Crippen LogP contribution is -2.15. The number of ether oxygens (including phenoxy) is 1. The topological polar surface area (TPSA) is 75.6 Å². The molecular weight excluding hydrogens is 270 g/mol. The van der Waals surface area contributed by atoms with Gasteiger partial charge in [-0.25, -0.2) is 4.79 Å². The predicted molar refractivity (Wildman–Crippen MR) is 72.7 cm³/mol. The van der Waals surface area contributed by atoms with Crippen LogP contribution in [0.25, 0.3) is 0 Å². The molecule has 0 aromatic heterocycles. The Bertz CT molecular complexity index is 476. The summed E-state index contributed by atoms with van der Waals surface area (Å²) >= 11 is 5.90. The number of hydrogen-bond acceptors (Lipinski definition) is 3. The van der Waals surface area contributed by atoms with Gasteiger partial charge >= 0.3 is 5.97 Å². The number of methoxy groups -OCH3 is 1. The van der Waals surface area contributed by atoms with Gasteiger partial charge in [0, 0.05) is 13.5 Å². The van der Waals surface area contributed by atoms with Gasteiger partial charge in [0.25, 0.3) is 0 Å². The van der Waals surface area contributed by atoms with Crippen LogP contribution in [0.15, 0.2) is 18.2 Å². The van der Waals surface area contributed by atoms with Gasteiger partial charge in [-0.15, -0.1) is 0 Å². The lowest BCUT2D eigenvalue weighted by molar-refractivity contribution is -0.116. The van der Waals surface area contributed by atoms with Crippen molar-refractivity contribution in [2.75, 3.05) is 12.4 Å². The quantitative estimate of drug-likeness (QED) is 0.843. The Morgan fingerprint density at radius 2 is 2.16 bits per heavy atom. The molecule has 0 spiro atoms. The minimum Gasteiger partial charge on any atom is -0.478 e. The molecule has 0 fully saturated rings. The molecule has 0 aliphatic rings. The normalized spacial score (nSPS) is 11.9. The third-order valence-corrected chi connectivity index (χ3v) is 2.98. The van der Waals surface area contributed by atoms with Crippen LogP contribution in [0.5, 0.6) is 0 Å². The highest BCUT2D eigenvalue weighted by Gasteiger charge is 2.10. The highest BCUT2D eigenvalue weighted by atomic mass is 35.5. The molecule has 0 saturated heterocycles. The maximum atomic E-state index is 11.7. The van der Waals surface area contributed by atoms with E-state index in [1.807, 2.05) is 6.92 Å². The van der Waals surface area contributed by atoms with Crippen molar-refractivity contribution in [3.63, 3.8) is 0 Å². The van der Waals surface area contributed by atoms with Gasteiger partial charge in [0.05, 0.1) is 22.4 Å². The van der Waals surface area contributed by atoms with E-state index in [1.165, 1.54) is 18.2 Å². The van der Waals surface area contributed by atoms with Crippen molar-refractivity contribution < 1.29 is 19.4 Å². The van der Waals surface area contributed by atoms with Crippen molar-refractivity contribution in [1.82, 2.24) is 0 Å². The molecule has 0 heterocycles. The number of benzene rings is 1. The monoisotopic (exact) mass is 285 g/mol. The van der Waals surface area contributed by atoms with Crippen molar-refractivity contribution >= 4 is 29.2 Å². The molecule has 19 heavy (non-hydrogen) atoms. The Labute approximate surface area is 116 Å². The zero-order valence-electron chi connectivity index (χ0n) is 10.8. The van der Waals surface area contributed by atoms with Gasteiger partial charge in [-0.3, -0.25) is 4.79 Å². The Balaban J connectivity index is 2.62. The molecule has 1 atom stereocenters. The van der Waals surface area contributed by atoms with E-state index in [-0.39, 0.29) is 22.6 Å². The minimum absolute atomic E-state index is 0.00982. The summed E-state index contributed by atoms with van der Waals surface area (Å²) in [6, 6.07) is 4.17. The van der Waals surface area contributed by atoms with E-state index in [0.29, 0.717) is 18.5 Å². The number of nitrogens with one attached hydrogen (secondary N) is 1. The van der Waals surface area contributed by atoms with Crippen molar-refractivity contribution in [1.29, 1.82) is 0 Å². The zero-order chi connectivity index (χ0) is 14.4. The summed E-state index contributed by atoms with van der Waals surface area (Å²) in [6.45, 7) is 1.88. The standard InChI is InChI=1S/C13H16ClNO4/c1-8(19-2)3-6-12(16)15-11-5-4-9(13(17)18)7-10(11)14/h4-5,7-8H,3,6H2,1-2H3,(H,15,16)(H,17,18). The van der Waals surface area contributed by atoms with Crippen molar-refractivity contribution in [3.8, 4) is 0 Å². The third-order valence-electron chi connectivity index (χ3n) is 2.67. The molecule has 1 rings (SSSR count). The number of hydrogen-bond donors (Lipinski definition) is 2. The van der Waals surface area contributed by atoms with Crippen LogP contribution in [0.4, 0.5) is 5.69 Å². The maximum Gasteiger partial charge on any atom is 0.335 e. The molecule has 104 valence electrons. The smallest absolute Gasteiger partial charge is 0.335 e. The first-order valence-corrected chi connectivity index (χ1v) is 6.17. The number of halogens is 1. The van der Waals surface area contributed by atoms with Crippen LogP contribution in [-0.2, 0) is 9.53 Å². The van der Waals surface area contributed by atoms with Gasteiger partial charge in [0.2, 0.25) is 5.91 Å². The Kier molecular flexibility index (Phi) is 5.79. The second kappa shape index (κ2) is 7.11. The molecule has 5 nitrogen and oxygen atoms in total. The van der Waals surface area contributed by atoms with Crippen LogP contribution in [0, 0.1) is 0 Å². The maximum absolute atomic E-state index is 11.7. The molecule has 0 saturated carbocycles. The van der Waals surface area contributed by atoms with Crippen molar-refractivity contribution in [3.05, 3.63) is 28.8 Å². The Morgan fingerprint density at radius 1 is 1.47 bits per heavy atom. The van der Waals surface area contributed by atoms with Crippen molar-refractivity contribution in [2.24, 2.45) is 0 Å². The van der Waals surface area contributed by atoms with E-state index >= 15 is 0 Å². The van der Waals surface area contributed by atoms with Gasteiger partial charge in [-0.2, -0.15) is 0 Å². The number of carboxylic acids is 1. The van der Waals surface area contributed by atoms with Gasteiger partial charge in [0.1, 0.15) is 0 Å². The highest BCUT2D eigenvalue weighted by Crippen LogP contribution is 2.23. The molecule has 0 aliphatic heterocycles. The van der Waals surface area contributed by atoms with E-state index in [2.05, 4.69) is 5.32 Å². The fraction of sp³-hybridized carbons (Fsp3) is 0.385. The SMILES string of the molecule is COC(C)CCC(=O)Nc1ccc(C(=O)O)cc1Cl. The van der Waals surface area contributed by atoms with Crippen LogP contribution in [0.3, 0.4) is 0 Å². The highest BCUT2D eigenvalue weighted by molar-refractivity contribution is 6.34. The van der Waals surface area contributed by atoms with Crippen LogP contribution in [0.2, 0.25) is 5.02 Å². The number of rotatable bonds is 6. The lowest BCUT2D eigenvalue weighted by Gasteiger charge is -2.10. The fourth-order valence-electron chi connectivity index (χ4n) is 1.41. The Morgan fingerprint density at radius 3 is 2.68 bits per heavy atom. The zero-order valence-corrected chi connectivity index (χ0v) is 11.5. The molecule has 1 unspecified atom stereocenters. The summed E-state index contributed by atoms with van der Waals surface area (Å²) in [4.78, 5) is 22.4. The first kappa shape index (κ1) is 15.5. The van der Waals surface area contributed by atoms with Gasteiger partial charge in [-0.05, 0) is 31.5 Å². The molecule has 0 aliphatic carbocycles. The number of aromatic carboxylic acids is 1. The molecule has 0 radical (unpaired) electrons. The van der Waals surface area contributed by atoms with Crippen LogP contribution in [0.1, 0.15) is 30.1 Å². The molecule has 1 aromatic carbocycles. The first-order valence-electron chi connectivity index (χ1n) is 5.79. The number of carboxylic acid groups (broad SMARTS) is 1. The molecule has 2 N–H and O–H groups in total. The molecule has 1 amide bonds. The van der Waals surface area contributed by atoms with E-state index < -0.39 is 5.97 Å². The van der Waals surface area contributed by atoms with Crippen LogP contribution < -0.4 is 5.32 Å².